The second-order valence-electron chi connectivity index (χ2n) is 11.8. The van der Waals surface area contributed by atoms with Crippen LogP contribution in [0.5, 0.6) is 11.6 Å². The van der Waals surface area contributed by atoms with Crippen molar-refractivity contribution in [3.05, 3.63) is 84.8 Å². The monoisotopic (exact) mass is 673 g/mol. The molecule has 1 saturated heterocycles. The molecule has 7 rings (SSSR count). The number of methoxy groups -OCH3 is 2. The van der Waals surface area contributed by atoms with Crippen LogP contribution < -0.4 is 14.8 Å². The number of H-pyrrole nitrogens is 1. The number of carbonyl (C=O) groups is 1. The van der Waals surface area contributed by atoms with Gasteiger partial charge in [-0.3, -0.25) is 9.48 Å². The number of hydrogen-bond donors (Lipinski definition) is 2. The highest BCUT2D eigenvalue weighted by molar-refractivity contribution is 5.85. The molecule has 0 saturated carbocycles. The van der Waals surface area contributed by atoms with Gasteiger partial charge < -0.3 is 29.2 Å². The van der Waals surface area contributed by atoms with Gasteiger partial charge in [0.15, 0.2) is 0 Å². The summed E-state index contributed by atoms with van der Waals surface area (Å²) in [6.07, 6.45) is 1.57. The molecule has 1 aliphatic heterocycles. The van der Waals surface area contributed by atoms with Gasteiger partial charge in [0, 0.05) is 43.0 Å². The van der Waals surface area contributed by atoms with Gasteiger partial charge in [-0.2, -0.15) is 18.3 Å². The molecule has 0 bridgehead atoms. The molecular formula is C34H34F3N9O3. The molecular weight excluding hydrogens is 639 g/mol. The molecule has 254 valence electrons. The number of imidazole rings is 2. The number of benzene rings is 2. The Balaban J connectivity index is 1.21. The summed E-state index contributed by atoms with van der Waals surface area (Å²) in [6.45, 7) is 1.04. The number of nitrogens with one attached hydrogen (secondary N) is 2. The number of nitrogens with zero attached hydrogens (tertiary/aromatic N) is 7. The van der Waals surface area contributed by atoms with E-state index in [1.807, 2.05) is 47.3 Å². The van der Waals surface area contributed by atoms with Crippen molar-refractivity contribution in [1.29, 1.82) is 0 Å². The van der Waals surface area contributed by atoms with Gasteiger partial charge in [0.05, 0.1) is 60.8 Å². The molecule has 4 aromatic heterocycles. The number of para-hydroxylation sites is 1. The van der Waals surface area contributed by atoms with E-state index in [0.717, 1.165) is 15.5 Å². The Kier molecular flexibility index (Phi) is 8.67. The molecule has 12 nitrogen and oxygen atoms in total. The van der Waals surface area contributed by atoms with Crippen LogP contribution in [0.15, 0.2) is 73.2 Å². The van der Waals surface area contributed by atoms with Crippen molar-refractivity contribution in [2.45, 2.75) is 44.2 Å². The first-order valence-corrected chi connectivity index (χ1v) is 15.8. The number of fused-ring (bicyclic) bond motifs is 2. The molecule has 0 aliphatic carbocycles. The lowest BCUT2D eigenvalue weighted by atomic mass is 9.96. The van der Waals surface area contributed by atoms with Gasteiger partial charge in [-0.15, -0.1) is 0 Å². The summed E-state index contributed by atoms with van der Waals surface area (Å²) in [5.74, 6) is -0.366. The van der Waals surface area contributed by atoms with Crippen molar-refractivity contribution in [2.75, 3.05) is 27.3 Å². The molecule has 1 amide bonds. The van der Waals surface area contributed by atoms with Gasteiger partial charge in [-0.05, 0) is 43.2 Å². The van der Waals surface area contributed by atoms with Gasteiger partial charge >= 0.3 is 6.18 Å². The van der Waals surface area contributed by atoms with Crippen molar-refractivity contribution >= 4 is 27.8 Å². The van der Waals surface area contributed by atoms with Crippen LogP contribution in [0.3, 0.4) is 0 Å². The number of ether oxygens (including phenoxy) is 2. The average molecular weight is 674 g/mol. The number of pyridine rings is 1. The van der Waals surface area contributed by atoms with E-state index >= 15 is 0 Å². The summed E-state index contributed by atoms with van der Waals surface area (Å²) in [4.78, 5) is 32.3. The summed E-state index contributed by atoms with van der Waals surface area (Å²) in [5, 5.41) is 8.72. The van der Waals surface area contributed by atoms with Crippen molar-refractivity contribution in [2.24, 2.45) is 0 Å². The number of piperidine rings is 1. The predicted molar refractivity (Wildman–Crippen MR) is 175 cm³/mol. The Morgan fingerprint density at radius 1 is 1.06 bits per heavy atom. The number of rotatable bonds is 10. The third-order valence-electron chi connectivity index (χ3n) is 8.84. The standard InChI is InChI=1S/C34H34F3N9O3/c1-48-23-8-9-26-28(18-23)46(33(43-26)34(35,36)37)20-30(47)45-14-10-22(38-12-15-44-13-5-11-40-44)17-29(45)31-39-19-27(41-31)24-16-21-6-3-4-7-25(21)42-32(24)49-2/h3-9,11,13,16,18-19,22,29,38H,10,12,14-15,17,20H2,1-2H3,(H,39,41)/t22-,29-/m0/s1. The van der Waals surface area contributed by atoms with E-state index in [2.05, 4.69) is 25.4 Å². The zero-order valence-electron chi connectivity index (χ0n) is 26.8. The Morgan fingerprint density at radius 2 is 1.92 bits per heavy atom. The van der Waals surface area contributed by atoms with Gasteiger partial charge in [0.2, 0.25) is 17.6 Å². The third-order valence-corrected chi connectivity index (χ3v) is 8.84. The Bertz CT molecular complexity index is 2090. The van der Waals surface area contributed by atoms with Crippen LogP contribution >= 0.6 is 0 Å². The lowest BCUT2D eigenvalue weighted by Crippen LogP contribution is -2.48. The van der Waals surface area contributed by atoms with Gasteiger partial charge in [-0.1, -0.05) is 18.2 Å². The zero-order chi connectivity index (χ0) is 34.1. The second kappa shape index (κ2) is 13.2. The lowest BCUT2D eigenvalue weighted by molar-refractivity contribution is -0.148. The highest BCUT2D eigenvalue weighted by Gasteiger charge is 2.40. The number of amides is 1. The molecule has 1 fully saturated rings. The van der Waals surface area contributed by atoms with Crippen LogP contribution in [-0.4, -0.2) is 78.4 Å². The van der Waals surface area contributed by atoms with E-state index in [4.69, 9.17) is 14.5 Å². The molecule has 15 heteroatoms. The van der Waals surface area contributed by atoms with Crippen LogP contribution in [0.1, 0.15) is 30.5 Å². The van der Waals surface area contributed by atoms with Crippen molar-refractivity contribution in [3.63, 3.8) is 0 Å². The van der Waals surface area contributed by atoms with E-state index < -0.39 is 30.5 Å². The molecule has 0 unspecified atom stereocenters. The van der Waals surface area contributed by atoms with Gasteiger partial charge in [0.25, 0.3) is 0 Å². The topological polar surface area (TPSA) is 128 Å². The maximum atomic E-state index is 14.2. The highest BCUT2D eigenvalue weighted by atomic mass is 19.4. The smallest absolute Gasteiger partial charge is 0.449 e. The number of likely N-dealkylation sites (tertiary alicyclic amines) is 1. The summed E-state index contributed by atoms with van der Waals surface area (Å²) in [6, 6.07) is 15.4. The maximum absolute atomic E-state index is 14.2. The molecule has 6 aromatic rings. The molecule has 5 heterocycles. The molecule has 2 aromatic carbocycles. The van der Waals surface area contributed by atoms with Crippen LogP contribution in [0.4, 0.5) is 13.2 Å². The van der Waals surface area contributed by atoms with E-state index in [-0.39, 0.29) is 17.1 Å². The largest absolute Gasteiger partial charge is 0.497 e. The van der Waals surface area contributed by atoms with E-state index in [1.165, 1.54) is 25.3 Å². The van der Waals surface area contributed by atoms with E-state index in [0.29, 0.717) is 61.2 Å². The third kappa shape index (κ3) is 6.53. The van der Waals surface area contributed by atoms with Crippen LogP contribution in [0.2, 0.25) is 0 Å². The average Bonchev–Trinajstić information content (AvgIpc) is 3.88. The number of aromatic nitrogens is 7. The van der Waals surface area contributed by atoms with Crippen molar-refractivity contribution in [3.8, 4) is 22.9 Å². The first-order chi connectivity index (χ1) is 23.7. The van der Waals surface area contributed by atoms with Crippen LogP contribution in [-0.2, 0) is 24.1 Å². The molecule has 1 aliphatic rings. The highest BCUT2D eigenvalue weighted by Crippen LogP contribution is 2.36. The quantitative estimate of drug-likeness (QED) is 0.203. The van der Waals surface area contributed by atoms with Gasteiger partial charge in [0.1, 0.15) is 18.1 Å². The minimum atomic E-state index is -4.78. The summed E-state index contributed by atoms with van der Waals surface area (Å²) in [7, 11) is 2.97. The van der Waals surface area contributed by atoms with E-state index in [1.54, 1.807) is 24.4 Å². The zero-order valence-corrected chi connectivity index (χ0v) is 26.8. The number of hydrogen-bond acceptors (Lipinski definition) is 8. The molecule has 0 spiro atoms. The number of aromatic amines is 1. The Morgan fingerprint density at radius 3 is 2.69 bits per heavy atom. The van der Waals surface area contributed by atoms with Crippen LogP contribution in [0, 0.1) is 0 Å². The predicted octanol–water partition coefficient (Wildman–Crippen LogP) is 5.23. The second-order valence-corrected chi connectivity index (χ2v) is 11.8. The summed E-state index contributed by atoms with van der Waals surface area (Å²) in [5.41, 5.74) is 2.38. The number of halogens is 3. The lowest BCUT2D eigenvalue weighted by Gasteiger charge is -2.39. The minimum Gasteiger partial charge on any atom is -0.497 e. The molecule has 0 radical (unpaired) electrons. The number of alkyl halides is 3. The normalized spacial score (nSPS) is 16.8. The first-order valence-electron chi connectivity index (χ1n) is 15.8. The van der Waals surface area contributed by atoms with Crippen LogP contribution in [0.25, 0.3) is 33.2 Å². The Labute approximate surface area is 278 Å². The molecule has 49 heavy (non-hydrogen) atoms. The first kappa shape index (κ1) is 32.1. The van der Waals surface area contributed by atoms with Crippen molar-refractivity contribution in [1.82, 2.24) is 44.5 Å². The van der Waals surface area contributed by atoms with Crippen molar-refractivity contribution < 1.29 is 27.4 Å². The SMILES string of the molecule is COc1ccc2nc(C(F)(F)F)n(CC(=O)N3CC[C@H](NCCn4cccn4)C[C@H]3c3ncc(-c4cc5ccccc5nc4OC)[nH]3)c2c1. The fourth-order valence-electron chi connectivity index (χ4n) is 6.45. The summed E-state index contributed by atoms with van der Waals surface area (Å²) < 4.78 is 56.3. The van der Waals surface area contributed by atoms with E-state index in [9.17, 15) is 18.0 Å². The maximum Gasteiger partial charge on any atom is 0.449 e. The summed E-state index contributed by atoms with van der Waals surface area (Å²) >= 11 is 0. The Hall–Kier alpha value is -5.44. The number of carbonyl (C=O) groups excluding carboxylic acids is 1. The molecule has 2 N–H and O–H groups in total. The fourth-order valence-corrected chi connectivity index (χ4v) is 6.45. The van der Waals surface area contributed by atoms with Gasteiger partial charge in [-0.25, -0.2) is 15.0 Å². The molecule has 2 atom stereocenters. The fraction of sp³-hybridized carbons (Fsp3) is 0.324. The minimum absolute atomic E-state index is 0.0131.